The lowest BCUT2D eigenvalue weighted by Gasteiger charge is -2.19. The van der Waals surface area contributed by atoms with Crippen molar-refractivity contribution in [3.63, 3.8) is 0 Å². The molecule has 31 heavy (non-hydrogen) atoms. The molecule has 3 aromatic rings. The molecule has 0 fully saturated rings. The Morgan fingerprint density at radius 1 is 0.677 bits per heavy atom. The van der Waals surface area contributed by atoms with Crippen molar-refractivity contribution in [1.29, 1.82) is 0 Å². The molecule has 0 saturated carbocycles. The summed E-state index contributed by atoms with van der Waals surface area (Å²) in [6.07, 6.45) is 0. The maximum Gasteiger partial charge on any atom is 0.261 e. The number of carbonyl (C=O) groups excluding carboxylic acids is 2. The van der Waals surface area contributed by atoms with Crippen molar-refractivity contribution in [3.8, 4) is 0 Å². The Bertz CT molecular complexity index is 898. The Morgan fingerprint density at radius 2 is 1.06 bits per heavy atom. The first-order chi connectivity index (χ1) is 15.0. The highest BCUT2D eigenvalue weighted by molar-refractivity contribution is 7.15. The highest BCUT2D eigenvalue weighted by Gasteiger charge is 2.14. The smallest absolute Gasteiger partial charge is 0.261 e. The van der Waals surface area contributed by atoms with Crippen LogP contribution in [0, 0.1) is 0 Å². The van der Waals surface area contributed by atoms with E-state index < -0.39 is 0 Å². The first kappa shape index (κ1) is 22.4. The van der Waals surface area contributed by atoms with Crippen LogP contribution in [0.15, 0.2) is 72.8 Å². The van der Waals surface area contributed by atoms with Crippen LogP contribution in [0.25, 0.3) is 0 Å². The summed E-state index contributed by atoms with van der Waals surface area (Å²) in [4.78, 5) is 30.0. The second kappa shape index (κ2) is 11.2. The first-order valence-electron chi connectivity index (χ1n) is 10.2. The van der Waals surface area contributed by atoms with Crippen molar-refractivity contribution in [1.82, 2.24) is 10.6 Å². The molecule has 0 unspecified atom stereocenters. The van der Waals surface area contributed by atoms with Gasteiger partial charge in [-0.1, -0.05) is 36.4 Å². The predicted molar refractivity (Wildman–Crippen MR) is 128 cm³/mol. The molecule has 0 aliphatic carbocycles. The fourth-order valence-electron chi connectivity index (χ4n) is 3.05. The third kappa shape index (κ3) is 6.58. The van der Waals surface area contributed by atoms with Crippen molar-refractivity contribution in [3.05, 3.63) is 82.6 Å². The summed E-state index contributed by atoms with van der Waals surface area (Å²) in [6.45, 7) is 2.44. The number of anilines is 2. The maximum absolute atomic E-state index is 12.4. The number of nitrogens with one attached hydrogen (secondary N) is 2. The minimum absolute atomic E-state index is 0.158. The number of amides is 2. The van der Waals surface area contributed by atoms with E-state index in [1.54, 1.807) is 12.1 Å². The van der Waals surface area contributed by atoms with Gasteiger partial charge in [0, 0.05) is 51.6 Å². The normalized spacial score (nSPS) is 10.4. The fraction of sp³-hybridized carbons (Fsp3) is 0.250. The summed E-state index contributed by atoms with van der Waals surface area (Å²) in [6, 6.07) is 23.4. The van der Waals surface area contributed by atoms with E-state index in [4.69, 9.17) is 0 Å². The molecule has 0 aliphatic heterocycles. The summed E-state index contributed by atoms with van der Waals surface area (Å²) in [5.74, 6) is -0.316. The van der Waals surface area contributed by atoms with E-state index in [9.17, 15) is 9.59 Å². The van der Waals surface area contributed by atoms with Crippen LogP contribution in [-0.4, -0.2) is 52.1 Å². The molecule has 0 spiro atoms. The average molecular weight is 437 g/mol. The number of rotatable bonds is 10. The third-order valence-electron chi connectivity index (χ3n) is 4.91. The number of benzene rings is 2. The van der Waals surface area contributed by atoms with Gasteiger partial charge in [0.25, 0.3) is 11.8 Å². The lowest BCUT2D eigenvalue weighted by Crippen LogP contribution is -2.33. The number of carbonyl (C=O) groups is 2. The number of thiophene rings is 1. The van der Waals surface area contributed by atoms with Crippen molar-refractivity contribution in [2.45, 2.75) is 0 Å². The summed E-state index contributed by atoms with van der Waals surface area (Å²) in [5.41, 5.74) is 2.20. The number of hydrogen-bond donors (Lipinski definition) is 2. The van der Waals surface area contributed by atoms with Crippen molar-refractivity contribution in [2.75, 3.05) is 50.1 Å². The molecule has 1 aromatic heterocycles. The molecule has 0 radical (unpaired) electrons. The maximum atomic E-state index is 12.4. The topological polar surface area (TPSA) is 64.7 Å². The van der Waals surface area contributed by atoms with E-state index in [-0.39, 0.29) is 11.8 Å². The van der Waals surface area contributed by atoms with Gasteiger partial charge in [0.15, 0.2) is 0 Å². The lowest BCUT2D eigenvalue weighted by molar-refractivity contribution is 0.0952. The van der Waals surface area contributed by atoms with Crippen LogP contribution < -0.4 is 20.4 Å². The van der Waals surface area contributed by atoms with Gasteiger partial charge in [-0.15, -0.1) is 11.3 Å². The van der Waals surface area contributed by atoms with Gasteiger partial charge >= 0.3 is 0 Å². The molecule has 7 heteroatoms. The van der Waals surface area contributed by atoms with Gasteiger partial charge in [0.2, 0.25) is 0 Å². The molecule has 3 rings (SSSR count). The van der Waals surface area contributed by atoms with E-state index in [1.807, 2.05) is 74.8 Å². The Balaban J connectivity index is 1.41. The van der Waals surface area contributed by atoms with Crippen LogP contribution in [0.5, 0.6) is 0 Å². The lowest BCUT2D eigenvalue weighted by atomic mass is 10.3. The molecule has 162 valence electrons. The second-order valence-electron chi connectivity index (χ2n) is 7.19. The fourth-order valence-corrected chi connectivity index (χ4v) is 3.89. The molecule has 0 aliphatic rings. The largest absolute Gasteiger partial charge is 0.373 e. The van der Waals surface area contributed by atoms with Crippen LogP contribution in [-0.2, 0) is 0 Å². The molecule has 0 saturated heterocycles. The van der Waals surface area contributed by atoms with Gasteiger partial charge in [-0.3, -0.25) is 9.59 Å². The molecular formula is C24H28N4O2S. The Morgan fingerprint density at radius 3 is 1.45 bits per heavy atom. The van der Waals surface area contributed by atoms with Crippen molar-refractivity contribution >= 4 is 34.5 Å². The standard InChI is InChI=1S/C24H28N4O2S/c1-27(19-9-5-3-6-10-19)17-15-25-23(29)21-13-14-22(31-21)24(30)26-16-18-28(2)20-11-7-4-8-12-20/h3-14H,15-18H2,1-2H3,(H,25,29)(H,26,30). The monoisotopic (exact) mass is 436 g/mol. The number of nitrogens with zero attached hydrogens (tertiary/aromatic N) is 2. The van der Waals surface area contributed by atoms with E-state index in [1.165, 1.54) is 11.3 Å². The van der Waals surface area contributed by atoms with E-state index in [0.717, 1.165) is 11.4 Å². The van der Waals surface area contributed by atoms with Crippen LogP contribution >= 0.6 is 11.3 Å². The van der Waals surface area contributed by atoms with Crippen molar-refractivity contribution < 1.29 is 9.59 Å². The quantitative estimate of drug-likeness (QED) is 0.511. The third-order valence-corrected chi connectivity index (χ3v) is 6.00. The minimum Gasteiger partial charge on any atom is -0.373 e. The minimum atomic E-state index is -0.158. The van der Waals surface area contributed by atoms with Gasteiger partial charge in [-0.25, -0.2) is 0 Å². The Hall–Kier alpha value is -3.32. The molecule has 1 heterocycles. The van der Waals surface area contributed by atoms with Gasteiger partial charge in [-0.2, -0.15) is 0 Å². The van der Waals surface area contributed by atoms with E-state index >= 15 is 0 Å². The number of likely N-dealkylation sites (N-methyl/N-ethyl adjacent to an activating group) is 2. The van der Waals surface area contributed by atoms with Gasteiger partial charge in [0.1, 0.15) is 0 Å². The summed E-state index contributed by atoms with van der Waals surface area (Å²) < 4.78 is 0. The SMILES string of the molecule is CN(CCNC(=O)c1ccc(C(=O)NCCN(C)c2ccccc2)s1)c1ccccc1. The molecular weight excluding hydrogens is 408 g/mol. The highest BCUT2D eigenvalue weighted by Crippen LogP contribution is 2.16. The van der Waals surface area contributed by atoms with Gasteiger partial charge in [-0.05, 0) is 36.4 Å². The summed E-state index contributed by atoms with van der Waals surface area (Å²) in [5, 5.41) is 5.84. The number of hydrogen-bond acceptors (Lipinski definition) is 5. The second-order valence-corrected chi connectivity index (χ2v) is 8.27. The highest BCUT2D eigenvalue weighted by atomic mass is 32.1. The zero-order valence-electron chi connectivity index (χ0n) is 17.9. The zero-order valence-corrected chi connectivity index (χ0v) is 18.7. The van der Waals surface area contributed by atoms with Crippen LogP contribution in [0.3, 0.4) is 0 Å². The first-order valence-corrected chi connectivity index (χ1v) is 11.0. The molecule has 0 bridgehead atoms. The average Bonchev–Trinajstić information content (AvgIpc) is 3.30. The van der Waals surface area contributed by atoms with Crippen LogP contribution in [0.1, 0.15) is 19.3 Å². The molecule has 2 N–H and O–H groups in total. The van der Waals surface area contributed by atoms with Crippen LogP contribution in [0.4, 0.5) is 11.4 Å². The van der Waals surface area contributed by atoms with E-state index in [0.29, 0.717) is 35.9 Å². The Kier molecular flexibility index (Phi) is 8.06. The zero-order chi connectivity index (χ0) is 22.1. The summed E-state index contributed by atoms with van der Waals surface area (Å²) >= 11 is 1.21. The van der Waals surface area contributed by atoms with Crippen molar-refractivity contribution in [2.24, 2.45) is 0 Å². The molecule has 2 amide bonds. The predicted octanol–water partition coefficient (Wildman–Crippen LogP) is 3.48. The number of para-hydroxylation sites is 2. The van der Waals surface area contributed by atoms with Crippen LogP contribution in [0.2, 0.25) is 0 Å². The summed E-state index contributed by atoms with van der Waals surface area (Å²) in [7, 11) is 3.98. The van der Waals surface area contributed by atoms with Gasteiger partial charge in [0.05, 0.1) is 9.75 Å². The Labute approximate surface area is 187 Å². The molecule has 0 atom stereocenters. The van der Waals surface area contributed by atoms with E-state index in [2.05, 4.69) is 20.4 Å². The molecule has 2 aromatic carbocycles. The van der Waals surface area contributed by atoms with Gasteiger partial charge < -0.3 is 20.4 Å². The molecule has 6 nitrogen and oxygen atoms in total.